The molecule has 2 aromatic rings. The van der Waals surface area contributed by atoms with Crippen molar-refractivity contribution < 1.29 is 14.7 Å². The predicted octanol–water partition coefficient (Wildman–Crippen LogP) is 4.91. The molecule has 0 saturated heterocycles. The van der Waals surface area contributed by atoms with E-state index >= 15 is 0 Å². The van der Waals surface area contributed by atoms with E-state index in [0.29, 0.717) is 23.4 Å². The Balaban J connectivity index is 1.98. The second-order valence-electron chi connectivity index (χ2n) is 6.03. The SMILES string of the molecule is CCCCCCCOc1ccc(N=C(NO)c2ccccc2C=O)cc1. The van der Waals surface area contributed by atoms with Gasteiger partial charge in [-0.3, -0.25) is 15.5 Å². The van der Waals surface area contributed by atoms with Crippen LogP contribution in [-0.4, -0.2) is 23.9 Å². The van der Waals surface area contributed by atoms with E-state index < -0.39 is 0 Å². The molecule has 5 nitrogen and oxygen atoms in total. The zero-order valence-corrected chi connectivity index (χ0v) is 15.1. The Labute approximate surface area is 154 Å². The van der Waals surface area contributed by atoms with E-state index in [1.807, 2.05) is 24.3 Å². The smallest absolute Gasteiger partial charge is 0.158 e. The van der Waals surface area contributed by atoms with Gasteiger partial charge in [-0.2, -0.15) is 0 Å². The van der Waals surface area contributed by atoms with Crippen molar-refractivity contribution >= 4 is 17.8 Å². The summed E-state index contributed by atoms with van der Waals surface area (Å²) in [5, 5.41) is 9.40. The van der Waals surface area contributed by atoms with Gasteiger partial charge in [0.05, 0.1) is 12.3 Å². The van der Waals surface area contributed by atoms with Crippen LogP contribution < -0.4 is 10.2 Å². The number of amidine groups is 1. The van der Waals surface area contributed by atoms with Gasteiger partial charge < -0.3 is 4.74 Å². The van der Waals surface area contributed by atoms with E-state index in [2.05, 4.69) is 17.4 Å². The number of nitrogens with zero attached hydrogens (tertiary/aromatic N) is 1. The van der Waals surface area contributed by atoms with Gasteiger partial charge >= 0.3 is 0 Å². The van der Waals surface area contributed by atoms with Crippen LogP contribution in [0, 0.1) is 0 Å². The van der Waals surface area contributed by atoms with E-state index in [-0.39, 0.29) is 5.84 Å². The monoisotopic (exact) mass is 354 g/mol. The maximum atomic E-state index is 11.1. The number of hydrogen-bond acceptors (Lipinski definition) is 4. The largest absolute Gasteiger partial charge is 0.494 e. The van der Waals surface area contributed by atoms with E-state index in [9.17, 15) is 10.0 Å². The average Bonchev–Trinajstić information content (AvgIpc) is 2.70. The van der Waals surface area contributed by atoms with Gasteiger partial charge in [0.2, 0.25) is 0 Å². The molecule has 0 heterocycles. The normalized spacial score (nSPS) is 11.2. The number of hydrogen-bond donors (Lipinski definition) is 2. The topological polar surface area (TPSA) is 70.9 Å². The number of hydroxylamine groups is 1. The minimum atomic E-state index is 0.220. The molecule has 0 unspecified atom stereocenters. The maximum Gasteiger partial charge on any atom is 0.158 e. The Morgan fingerprint density at radius 2 is 1.81 bits per heavy atom. The molecule has 0 aromatic heterocycles. The van der Waals surface area contributed by atoms with Crippen LogP contribution in [0.5, 0.6) is 5.75 Å². The summed E-state index contributed by atoms with van der Waals surface area (Å²) in [6.45, 7) is 2.91. The summed E-state index contributed by atoms with van der Waals surface area (Å²) < 4.78 is 5.73. The molecule has 0 saturated carbocycles. The zero-order valence-electron chi connectivity index (χ0n) is 15.1. The van der Waals surface area contributed by atoms with Gasteiger partial charge in [0, 0.05) is 11.1 Å². The molecule has 0 fully saturated rings. The lowest BCUT2D eigenvalue weighted by molar-refractivity contribution is 0.112. The summed E-state index contributed by atoms with van der Waals surface area (Å²) in [5.41, 5.74) is 3.72. The fourth-order valence-corrected chi connectivity index (χ4v) is 2.60. The molecule has 0 spiro atoms. The molecule has 0 radical (unpaired) electrons. The molecule has 0 aliphatic rings. The van der Waals surface area contributed by atoms with E-state index in [1.54, 1.807) is 24.3 Å². The lowest BCUT2D eigenvalue weighted by Crippen LogP contribution is -2.21. The number of aldehydes is 1. The van der Waals surface area contributed by atoms with Crippen LogP contribution in [0.15, 0.2) is 53.5 Å². The van der Waals surface area contributed by atoms with Crippen LogP contribution in [0.25, 0.3) is 0 Å². The van der Waals surface area contributed by atoms with Gasteiger partial charge in [-0.05, 0) is 30.7 Å². The van der Waals surface area contributed by atoms with Gasteiger partial charge in [-0.15, -0.1) is 0 Å². The first-order valence-corrected chi connectivity index (χ1v) is 9.04. The predicted molar refractivity (Wildman–Crippen MR) is 104 cm³/mol. The van der Waals surface area contributed by atoms with Gasteiger partial charge in [0.15, 0.2) is 12.1 Å². The van der Waals surface area contributed by atoms with Gasteiger partial charge in [-0.25, -0.2) is 4.99 Å². The summed E-state index contributed by atoms with van der Waals surface area (Å²) in [4.78, 5) is 15.5. The second-order valence-corrected chi connectivity index (χ2v) is 6.03. The van der Waals surface area contributed by atoms with Crippen LogP contribution >= 0.6 is 0 Å². The van der Waals surface area contributed by atoms with Crippen molar-refractivity contribution in [2.45, 2.75) is 39.0 Å². The molecular formula is C21H26N2O3. The fraction of sp³-hybridized carbons (Fsp3) is 0.333. The van der Waals surface area contributed by atoms with Crippen LogP contribution in [0.3, 0.4) is 0 Å². The summed E-state index contributed by atoms with van der Waals surface area (Å²) in [6.07, 6.45) is 6.76. The molecule has 2 rings (SSSR count). The molecular weight excluding hydrogens is 328 g/mol. The van der Waals surface area contributed by atoms with E-state index in [0.717, 1.165) is 18.5 Å². The number of carbonyl (C=O) groups excluding carboxylic acids is 1. The van der Waals surface area contributed by atoms with Crippen molar-refractivity contribution in [1.29, 1.82) is 0 Å². The summed E-state index contributed by atoms with van der Waals surface area (Å²) in [5.74, 6) is 1.02. The molecule has 0 bridgehead atoms. The number of carbonyl (C=O) groups is 1. The fourth-order valence-electron chi connectivity index (χ4n) is 2.60. The first kappa shape index (κ1) is 19.7. The number of unbranched alkanes of at least 4 members (excludes halogenated alkanes) is 4. The number of nitrogens with one attached hydrogen (secondary N) is 1. The first-order valence-electron chi connectivity index (χ1n) is 9.04. The number of rotatable bonds is 10. The van der Waals surface area contributed by atoms with E-state index in [4.69, 9.17) is 4.74 Å². The molecule has 2 aromatic carbocycles. The highest BCUT2D eigenvalue weighted by Gasteiger charge is 2.08. The number of aliphatic imine (C=N–C) groups is 1. The number of benzene rings is 2. The van der Waals surface area contributed by atoms with Crippen molar-refractivity contribution in [1.82, 2.24) is 5.48 Å². The van der Waals surface area contributed by atoms with Crippen LogP contribution in [-0.2, 0) is 0 Å². The quantitative estimate of drug-likeness (QED) is 0.209. The molecule has 0 atom stereocenters. The lowest BCUT2D eigenvalue weighted by atomic mass is 10.1. The van der Waals surface area contributed by atoms with Gasteiger partial charge in [0.25, 0.3) is 0 Å². The average molecular weight is 354 g/mol. The molecule has 0 aliphatic carbocycles. The summed E-state index contributed by atoms with van der Waals surface area (Å²) in [7, 11) is 0. The Hall–Kier alpha value is -2.66. The third kappa shape index (κ3) is 6.01. The van der Waals surface area contributed by atoms with Crippen molar-refractivity contribution in [3.8, 4) is 5.75 Å². The van der Waals surface area contributed by atoms with E-state index in [1.165, 1.54) is 25.7 Å². The van der Waals surface area contributed by atoms with Crippen molar-refractivity contribution in [2.24, 2.45) is 4.99 Å². The van der Waals surface area contributed by atoms with Crippen LogP contribution in [0.2, 0.25) is 0 Å². The minimum Gasteiger partial charge on any atom is -0.494 e. The standard InChI is InChI=1S/C21H26N2O3/c1-2-3-4-5-8-15-26-19-13-11-18(12-14-19)22-21(23-25)20-10-7-6-9-17(20)16-24/h6-7,9-14,16,25H,2-5,8,15H2,1H3,(H,22,23). The molecule has 5 heteroatoms. The van der Waals surface area contributed by atoms with Gasteiger partial charge in [-0.1, -0.05) is 56.9 Å². The Kier molecular flexibility index (Phi) is 8.36. The molecule has 26 heavy (non-hydrogen) atoms. The molecule has 2 N–H and O–H groups in total. The minimum absolute atomic E-state index is 0.220. The second kappa shape index (κ2) is 11.1. The molecule has 138 valence electrons. The third-order valence-corrected chi connectivity index (χ3v) is 4.04. The Bertz CT molecular complexity index is 711. The van der Waals surface area contributed by atoms with Crippen LogP contribution in [0.1, 0.15) is 54.9 Å². The summed E-state index contributed by atoms with van der Waals surface area (Å²) in [6, 6.07) is 14.3. The highest BCUT2D eigenvalue weighted by Crippen LogP contribution is 2.20. The van der Waals surface area contributed by atoms with Crippen molar-refractivity contribution in [3.63, 3.8) is 0 Å². The zero-order chi connectivity index (χ0) is 18.6. The van der Waals surface area contributed by atoms with Crippen molar-refractivity contribution in [3.05, 3.63) is 59.7 Å². The first-order chi connectivity index (χ1) is 12.8. The maximum absolute atomic E-state index is 11.1. The Morgan fingerprint density at radius 1 is 1.08 bits per heavy atom. The number of ether oxygens (including phenoxy) is 1. The third-order valence-electron chi connectivity index (χ3n) is 4.04. The molecule has 0 amide bonds. The van der Waals surface area contributed by atoms with Crippen LogP contribution in [0.4, 0.5) is 5.69 Å². The van der Waals surface area contributed by atoms with Gasteiger partial charge in [0.1, 0.15) is 5.75 Å². The molecule has 0 aliphatic heterocycles. The highest BCUT2D eigenvalue weighted by molar-refractivity contribution is 6.05. The lowest BCUT2D eigenvalue weighted by Gasteiger charge is -2.08. The summed E-state index contributed by atoms with van der Waals surface area (Å²) >= 11 is 0. The highest BCUT2D eigenvalue weighted by atomic mass is 16.5. The Morgan fingerprint density at radius 3 is 2.50 bits per heavy atom. The van der Waals surface area contributed by atoms with Crippen molar-refractivity contribution in [2.75, 3.05) is 6.61 Å².